The minimum absolute atomic E-state index is 0.00486. The van der Waals surface area contributed by atoms with E-state index in [1.54, 1.807) is 21.9 Å². The molecule has 0 radical (unpaired) electrons. The van der Waals surface area contributed by atoms with Gasteiger partial charge in [0.15, 0.2) is 0 Å². The molecule has 7 nitrogen and oxygen atoms in total. The number of thiophene rings is 1. The predicted molar refractivity (Wildman–Crippen MR) is 105 cm³/mol. The molecule has 1 fully saturated rings. The number of benzene rings is 1. The van der Waals surface area contributed by atoms with Crippen LogP contribution in [0.4, 0.5) is 4.39 Å². The third-order valence-electron chi connectivity index (χ3n) is 4.77. The fraction of sp³-hybridized carbons (Fsp3) is 0.300. The van der Waals surface area contributed by atoms with Gasteiger partial charge in [0.05, 0.1) is 4.88 Å². The van der Waals surface area contributed by atoms with E-state index in [1.165, 1.54) is 23.5 Å². The molecule has 0 atom stereocenters. The number of hydrogen-bond acceptors (Lipinski definition) is 6. The number of aromatic nitrogens is 2. The molecular weight excluding hydrogens is 395 g/mol. The van der Waals surface area contributed by atoms with E-state index in [9.17, 15) is 14.0 Å². The van der Waals surface area contributed by atoms with Crippen molar-refractivity contribution in [2.24, 2.45) is 0 Å². The normalized spacial score (nSPS) is 14.2. The van der Waals surface area contributed by atoms with Gasteiger partial charge in [-0.25, -0.2) is 4.39 Å². The molecular formula is C20H19FN4O3S. The van der Waals surface area contributed by atoms with Crippen LogP contribution in [0.15, 0.2) is 46.3 Å². The second-order valence-electron chi connectivity index (χ2n) is 6.67. The number of piperazine rings is 1. The molecule has 0 spiro atoms. The van der Waals surface area contributed by atoms with Crippen molar-refractivity contribution >= 4 is 23.2 Å². The first-order chi connectivity index (χ1) is 14.1. The number of amides is 2. The highest BCUT2D eigenvalue weighted by molar-refractivity contribution is 7.12. The lowest BCUT2D eigenvalue weighted by atomic mass is 10.2. The summed E-state index contributed by atoms with van der Waals surface area (Å²) in [5, 5.41) is 5.76. The molecule has 3 heterocycles. The molecule has 0 saturated carbocycles. The number of aryl methyl sites for hydroxylation is 1. The summed E-state index contributed by atoms with van der Waals surface area (Å²) >= 11 is 1.42. The van der Waals surface area contributed by atoms with E-state index in [1.807, 2.05) is 17.5 Å². The molecule has 3 aromatic rings. The molecule has 0 bridgehead atoms. The Labute approximate surface area is 170 Å². The summed E-state index contributed by atoms with van der Waals surface area (Å²) in [7, 11) is 0. The Kier molecular flexibility index (Phi) is 5.66. The van der Waals surface area contributed by atoms with Crippen molar-refractivity contribution < 1.29 is 18.5 Å². The fourth-order valence-corrected chi connectivity index (χ4v) is 3.85. The topological polar surface area (TPSA) is 79.5 Å². The van der Waals surface area contributed by atoms with Gasteiger partial charge in [-0.3, -0.25) is 9.59 Å². The van der Waals surface area contributed by atoms with E-state index in [0.29, 0.717) is 49.9 Å². The van der Waals surface area contributed by atoms with Gasteiger partial charge in [0.1, 0.15) is 5.82 Å². The summed E-state index contributed by atoms with van der Waals surface area (Å²) < 4.78 is 18.2. The third-order valence-corrected chi connectivity index (χ3v) is 5.63. The maximum atomic E-state index is 13.0. The van der Waals surface area contributed by atoms with E-state index in [-0.39, 0.29) is 24.1 Å². The second kappa shape index (κ2) is 8.52. The van der Waals surface area contributed by atoms with Gasteiger partial charge >= 0.3 is 0 Å². The van der Waals surface area contributed by atoms with E-state index >= 15 is 0 Å². The summed E-state index contributed by atoms with van der Waals surface area (Å²) in [6, 6.07) is 9.49. The fourth-order valence-electron chi connectivity index (χ4n) is 3.16. The second-order valence-corrected chi connectivity index (χ2v) is 7.62. The average molecular weight is 414 g/mol. The Balaban J connectivity index is 1.26. The van der Waals surface area contributed by atoms with Crippen LogP contribution in [-0.2, 0) is 11.2 Å². The molecule has 4 rings (SSSR count). The smallest absolute Gasteiger partial charge is 0.264 e. The van der Waals surface area contributed by atoms with Gasteiger partial charge in [0.2, 0.25) is 17.6 Å². The zero-order valence-electron chi connectivity index (χ0n) is 15.6. The number of nitrogens with zero attached hydrogens (tertiary/aromatic N) is 4. The molecule has 0 unspecified atom stereocenters. The molecule has 29 heavy (non-hydrogen) atoms. The first-order valence-corrected chi connectivity index (χ1v) is 10.2. The lowest BCUT2D eigenvalue weighted by molar-refractivity contribution is -0.132. The molecule has 0 aliphatic carbocycles. The molecule has 1 aliphatic heterocycles. The van der Waals surface area contributed by atoms with Gasteiger partial charge in [-0.15, -0.1) is 11.3 Å². The Bertz CT molecular complexity index is 980. The van der Waals surface area contributed by atoms with Gasteiger partial charge in [-0.1, -0.05) is 11.2 Å². The zero-order chi connectivity index (χ0) is 20.2. The monoisotopic (exact) mass is 414 g/mol. The molecule has 1 aromatic carbocycles. The average Bonchev–Trinajstić information content (AvgIpc) is 3.44. The number of hydrogen-bond donors (Lipinski definition) is 0. The van der Waals surface area contributed by atoms with Crippen molar-refractivity contribution in [2.45, 2.75) is 12.8 Å². The minimum Gasteiger partial charge on any atom is -0.339 e. The van der Waals surface area contributed by atoms with Crippen LogP contribution in [-0.4, -0.2) is 57.9 Å². The minimum atomic E-state index is -0.333. The van der Waals surface area contributed by atoms with Crippen LogP contribution in [0.5, 0.6) is 0 Å². The Morgan fingerprint density at radius 2 is 1.79 bits per heavy atom. The van der Waals surface area contributed by atoms with Crippen LogP contribution in [0.2, 0.25) is 0 Å². The molecule has 2 amide bonds. The number of halogens is 1. The predicted octanol–water partition coefficient (Wildman–Crippen LogP) is 2.85. The van der Waals surface area contributed by atoms with Crippen molar-refractivity contribution in [1.29, 1.82) is 0 Å². The summed E-state index contributed by atoms with van der Waals surface area (Å²) in [6.07, 6.45) is 0.589. The van der Waals surface area contributed by atoms with Gasteiger partial charge in [-0.05, 0) is 35.7 Å². The van der Waals surface area contributed by atoms with Crippen LogP contribution in [0.25, 0.3) is 11.4 Å². The zero-order valence-corrected chi connectivity index (χ0v) is 16.4. The SMILES string of the molecule is O=C(CCc1nc(-c2ccc(F)cc2)no1)N1CCN(C(=O)c2cccs2)CC1. The number of carbonyl (C=O) groups excluding carboxylic acids is 2. The van der Waals surface area contributed by atoms with E-state index in [0.717, 1.165) is 4.88 Å². The van der Waals surface area contributed by atoms with Crippen LogP contribution in [0.1, 0.15) is 22.0 Å². The van der Waals surface area contributed by atoms with Crippen LogP contribution >= 0.6 is 11.3 Å². The van der Waals surface area contributed by atoms with E-state index < -0.39 is 0 Å². The Morgan fingerprint density at radius 3 is 2.48 bits per heavy atom. The highest BCUT2D eigenvalue weighted by Crippen LogP contribution is 2.17. The Morgan fingerprint density at radius 1 is 1.07 bits per heavy atom. The molecule has 9 heteroatoms. The standard InChI is InChI=1S/C20H19FN4O3S/c21-15-5-3-14(4-6-15)19-22-17(28-23-19)7-8-18(26)24-9-11-25(12-10-24)20(27)16-2-1-13-29-16/h1-6,13H,7-12H2. The number of carbonyl (C=O) groups is 2. The summed E-state index contributed by atoms with van der Waals surface area (Å²) in [4.78, 5) is 33.4. The van der Waals surface area contributed by atoms with Crippen molar-refractivity contribution in [3.63, 3.8) is 0 Å². The van der Waals surface area contributed by atoms with Crippen LogP contribution < -0.4 is 0 Å². The first-order valence-electron chi connectivity index (χ1n) is 9.29. The maximum absolute atomic E-state index is 13.0. The van der Waals surface area contributed by atoms with Crippen molar-refractivity contribution in [1.82, 2.24) is 19.9 Å². The van der Waals surface area contributed by atoms with E-state index in [4.69, 9.17) is 4.52 Å². The summed E-state index contributed by atoms with van der Waals surface area (Å²) in [6.45, 7) is 2.08. The molecule has 2 aromatic heterocycles. The lowest BCUT2D eigenvalue weighted by Crippen LogP contribution is -2.50. The first kappa shape index (κ1) is 19.3. The Hall–Kier alpha value is -3.07. The molecule has 1 saturated heterocycles. The highest BCUT2D eigenvalue weighted by atomic mass is 32.1. The van der Waals surface area contributed by atoms with Crippen molar-refractivity contribution in [3.8, 4) is 11.4 Å². The highest BCUT2D eigenvalue weighted by Gasteiger charge is 2.25. The third kappa shape index (κ3) is 4.51. The van der Waals surface area contributed by atoms with Gasteiger partial charge < -0.3 is 14.3 Å². The van der Waals surface area contributed by atoms with Gasteiger partial charge in [0.25, 0.3) is 5.91 Å². The van der Waals surface area contributed by atoms with Gasteiger partial charge in [-0.2, -0.15) is 4.98 Å². The summed E-state index contributed by atoms with van der Waals surface area (Å²) in [5.74, 6) is 0.415. The molecule has 0 N–H and O–H groups in total. The summed E-state index contributed by atoms with van der Waals surface area (Å²) in [5.41, 5.74) is 0.652. The van der Waals surface area contributed by atoms with Gasteiger partial charge in [0, 0.05) is 44.6 Å². The molecule has 150 valence electrons. The molecule has 1 aliphatic rings. The van der Waals surface area contributed by atoms with Crippen molar-refractivity contribution in [3.05, 3.63) is 58.4 Å². The van der Waals surface area contributed by atoms with Crippen LogP contribution in [0, 0.1) is 5.82 Å². The number of rotatable bonds is 5. The van der Waals surface area contributed by atoms with Crippen molar-refractivity contribution in [2.75, 3.05) is 26.2 Å². The quantitative estimate of drug-likeness (QED) is 0.641. The maximum Gasteiger partial charge on any atom is 0.264 e. The van der Waals surface area contributed by atoms with E-state index in [2.05, 4.69) is 10.1 Å². The van der Waals surface area contributed by atoms with Crippen LogP contribution in [0.3, 0.4) is 0 Å². The lowest BCUT2D eigenvalue weighted by Gasteiger charge is -2.34. The largest absolute Gasteiger partial charge is 0.339 e.